The average molecular weight is 353 g/mol. The van der Waals surface area contributed by atoms with E-state index in [4.69, 9.17) is 23.2 Å². The molecule has 0 spiro atoms. The first kappa shape index (κ1) is 17.5. The highest BCUT2D eigenvalue weighted by Crippen LogP contribution is 2.30. The molecule has 2 aromatic rings. The van der Waals surface area contributed by atoms with Gasteiger partial charge in [0.2, 0.25) is 0 Å². The first-order valence-electron chi connectivity index (χ1n) is 7.36. The molecule has 0 fully saturated rings. The van der Waals surface area contributed by atoms with Gasteiger partial charge in [0, 0.05) is 12.6 Å². The highest BCUT2D eigenvalue weighted by molar-refractivity contribution is 6.40. The van der Waals surface area contributed by atoms with Crippen LogP contribution in [-0.4, -0.2) is 22.4 Å². The van der Waals surface area contributed by atoms with Crippen molar-refractivity contribution in [3.63, 3.8) is 0 Å². The standard InChI is InChI=1S/C16H18Cl2N4O/c1-3-4-8-19-14-9-13(20-10(2)21-14)16(23)22-15-11(17)6-5-7-12(15)18/h5-7,9H,3-4,8H2,1-2H3,(H,22,23)(H,19,20,21). The molecule has 1 heterocycles. The molecule has 0 saturated carbocycles. The number of halogens is 2. The number of hydrogen-bond acceptors (Lipinski definition) is 4. The summed E-state index contributed by atoms with van der Waals surface area (Å²) in [7, 11) is 0. The molecule has 0 saturated heterocycles. The number of amides is 1. The fourth-order valence-corrected chi connectivity index (χ4v) is 2.45. The van der Waals surface area contributed by atoms with Crippen LogP contribution >= 0.6 is 23.2 Å². The lowest BCUT2D eigenvalue weighted by molar-refractivity contribution is 0.102. The molecule has 7 heteroatoms. The quantitative estimate of drug-likeness (QED) is 0.748. The van der Waals surface area contributed by atoms with Crippen LogP contribution in [0.15, 0.2) is 24.3 Å². The molecule has 2 N–H and O–H groups in total. The first-order chi connectivity index (χ1) is 11.0. The van der Waals surface area contributed by atoms with Crippen LogP contribution in [0.2, 0.25) is 10.0 Å². The van der Waals surface area contributed by atoms with Gasteiger partial charge in [0.25, 0.3) is 5.91 Å². The van der Waals surface area contributed by atoms with Gasteiger partial charge in [-0.1, -0.05) is 42.6 Å². The van der Waals surface area contributed by atoms with E-state index in [9.17, 15) is 4.79 Å². The summed E-state index contributed by atoms with van der Waals surface area (Å²) in [6, 6.07) is 6.64. The number of nitrogens with one attached hydrogen (secondary N) is 2. The molecular formula is C16H18Cl2N4O. The number of hydrogen-bond donors (Lipinski definition) is 2. The van der Waals surface area contributed by atoms with Gasteiger partial charge in [-0.05, 0) is 25.5 Å². The number of carbonyl (C=O) groups excluding carboxylic acids is 1. The molecule has 122 valence electrons. The second-order valence-corrected chi connectivity index (χ2v) is 5.83. The summed E-state index contributed by atoms with van der Waals surface area (Å²) >= 11 is 12.1. The van der Waals surface area contributed by atoms with E-state index in [2.05, 4.69) is 27.5 Å². The van der Waals surface area contributed by atoms with Gasteiger partial charge in [-0.15, -0.1) is 0 Å². The molecule has 2 rings (SSSR count). The molecule has 0 aliphatic heterocycles. The van der Waals surface area contributed by atoms with Crippen molar-refractivity contribution < 1.29 is 4.79 Å². The Labute approximate surface area is 145 Å². The number of unbranched alkanes of at least 4 members (excludes halogenated alkanes) is 1. The Morgan fingerprint density at radius 3 is 2.57 bits per heavy atom. The van der Waals surface area contributed by atoms with Gasteiger partial charge in [0.1, 0.15) is 17.3 Å². The van der Waals surface area contributed by atoms with Gasteiger partial charge >= 0.3 is 0 Å². The van der Waals surface area contributed by atoms with E-state index in [1.165, 1.54) is 0 Å². The normalized spacial score (nSPS) is 10.4. The number of carbonyl (C=O) groups is 1. The van der Waals surface area contributed by atoms with E-state index >= 15 is 0 Å². The summed E-state index contributed by atoms with van der Waals surface area (Å²) in [5.74, 6) is 0.757. The van der Waals surface area contributed by atoms with Crippen LogP contribution in [0, 0.1) is 6.92 Å². The van der Waals surface area contributed by atoms with Crippen molar-refractivity contribution in [2.45, 2.75) is 26.7 Å². The topological polar surface area (TPSA) is 66.9 Å². The number of aromatic nitrogens is 2. The Balaban J connectivity index is 2.18. The van der Waals surface area contributed by atoms with E-state index in [-0.39, 0.29) is 11.6 Å². The molecule has 23 heavy (non-hydrogen) atoms. The van der Waals surface area contributed by atoms with Gasteiger partial charge in [-0.2, -0.15) is 0 Å². The third kappa shape index (κ3) is 4.81. The lowest BCUT2D eigenvalue weighted by Gasteiger charge is -2.10. The Morgan fingerprint density at radius 1 is 1.22 bits per heavy atom. The predicted molar refractivity (Wildman–Crippen MR) is 94.6 cm³/mol. The molecule has 0 bridgehead atoms. The molecule has 1 amide bonds. The maximum atomic E-state index is 12.4. The second kappa shape index (κ2) is 8.13. The van der Waals surface area contributed by atoms with Crippen LogP contribution in [0.1, 0.15) is 36.1 Å². The molecule has 0 aliphatic carbocycles. The minimum Gasteiger partial charge on any atom is -0.370 e. The molecule has 0 unspecified atom stereocenters. The van der Waals surface area contributed by atoms with Gasteiger partial charge in [0.05, 0.1) is 15.7 Å². The second-order valence-electron chi connectivity index (χ2n) is 5.02. The molecule has 0 radical (unpaired) electrons. The largest absolute Gasteiger partial charge is 0.370 e. The summed E-state index contributed by atoms with van der Waals surface area (Å²) in [5.41, 5.74) is 0.630. The van der Waals surface area contributed by atoms with Crippen LogP contribution in [0.4, 0.5) is 11.5 Å². The van der Waals surface area contributed by atoms with Crippen LogP contribution in [0.3, 0.4) is 0 Å². The monoisotopic (exact) mass is 352 g/mol. The van der Waals surface area contributed by atoms with Crippen molar-refractivity contribution >= 4 is 40.6 Å². The van der Waals surface area contributed by atoms with E-state index in [0.717, 1.165) is 19.4 Å². The third-order valence-corrected chi connectivity index (χ3v) is 3.74. The van der Waals surface area contributed by atoms with Crippen molar-refractivity contribution in [2.75, 3.05) is 17.2 Å². The highest BCUT2D eigenvalue weighted by atomic mass is 35.5. The molecule has 1 aromatic heterocycles. The minimum absolute atomic E-state index is 0.257. The minimum atomic E-state index is -0.385. The SMILES string of the molecule is CCCCNc1cc(C(=O)Nc2c(Cl)cccc2Cl)nc(C)n1. The van der Waals surface area contributed by atoms with Crippen LogP contribution in [-0.2, 0) is 0 Å². The Bertz CT molecular complexity index is 686. The molecular weight excluding hydrogens is 335 g/mol. The van der Waals surface area contributed by atoms with Gasteiger partial charge in [0.15, 0.2) is 0 Å². The summed E-state index contributed by atoms with van der Waals surface area (Å²) in [6.07, 6.45) is 2.11. The summed E-state index contributed by atoms with van der Waals surface area (Å²) in [5, 5.41) is 6.63. The van der Waals surface area contributed by atoms with Crippen LogP contribution < -0.4 is 10.6 Å². The third-order valence-electron chi connectivity index (χ3n) is 3.11. The van der Waals surface area contributed by atoms with Crippen molar-refractivity contribution in [2.24, 2.45) is 0 Å². The lowest BCUT2D eigenvalue weighted by atomic mass is 10.3. The molecule has 1 aromatic carbocycles. The number of anilines is 2. The van der Waals surface area contributed by atoms with Gasteiger partial charge in [-0.3, -0.25) is 4.79 Å². The molecule has 0 aliphatic rings. The Morgan fingerprint density at radius 2 is 1.91 bits per heavy atom. The number of rotatable bonds is 6. The van der Waals surface area contributed by atoms with E-state index < -0.39 is 0 Å². The molecule has 0 atom stereocenters. The summed E-state index contributed by atoms with van der Waals surface area (Å²) < 4.78 is 0. The van der Waals surface area contributed by atoms with Crippen molar-refractivity contribution in [3.05, 3.63) is 45.8 Å². The van der Waals surface area contributed by atoms with Gasteiger partial charge < -0.3 is 10.6 Å². The average Bonchev–Trinajstić information content (AvgIpc) is 2.50. The zero-order valence-electron chi connectivity index (χ0n) is 13.0. The highest BCUT2D eigenvalue weighted by Gasteiger charge is 2.14. The van der Waals surface area contributed by atoms with Gasteiger partial charge in [-0.25, -0.2) is 9.97 Å². The lowest BCUT2D eigenvalue weighted by Crippen LogP contribution is -2.16. The predicted octanol–water partition coefficient (Wildman–Crippen LogP) is 4.56. The summed E-state index contributed by atoms with van der Waals surface area (Å²) in [6.45, 7) is 4.65. The van der Waals surface area contributed by atoms with E-state index in [1.807, 2.05) is 0 Å². The fraction of sp³-hybridized carbons (Fsp3) is 0.312. The number of para-hydroxylation sites is 1. The van der Waals surface area contributed by atoms with E-state index in [1.54, 1.807) is 31.2 Å². The van der Waals surface area contributed by atoms with Crippen molar-refractivity contribution in [1.29, 1.82) is 0 Å². The van der Waals surface area contributed by atoms with Crippen molar-refractivity contribution in [3.8, 4) is 0 Å². The number of nitrogens with zero attached hydrogens (tertiary/aromatic N) is 2. The Kier molecular flexibility index (Phi) is 6.19. The number of aryl methyl sites for hydroxylation is 1. The fourth-order valence-electron chi connectivity index (χ4n) is 1.96. The zero-order valence-corrected chi connectivity index (χ0v) is 14.5. The maximum absolute atomic E-state index is 12.4. The number of benzene rings is 1. The zero-order chi connectivity index (χ0) is 16.8. The summed E-state index contributed by atoms with van der Waals surface area (Å²) in [4.78, 5) is 20.9. The maximum Gasteiger partial charge on any atom is 0.274 e. The van der Waals surface area contributed by atoms with Crippen molar-refractivity contribution in [1.82, 2.24) is 9.97 Å². The first-order valence-corrected chi connectivity index (χ1v) is 8.11. The smallest absolute Gasteiger partial charge is 0.274 e. The Hall–Kier alpha value is -1.85. The van der Waals surface area contributed by atoms with Crippen LogP contribution in [0.25, 0.3) is 0 Å². The van der Waals surface area contributed by atoms with E-state index in [0.29, 0.717) is 27.4 Å². The van der Waals surface area contributed by atoms with Crippen LogP contribution in [0.5, 0.6) is 0 Å². The molecule has 5 nitrogen and oxygen atoms in total.